The first kappa shape index (κ1) is 14.0. The molecule has 0 atom stereocenters. The first-order valence-electron chi connectivity index (χ1n) is 6.39. The lowest BCUT2D eigenvalue weighted by Crippen LogP contribution is -2.18. The number of aromatic nitrogens is 1. The number of hydrogen-bond donors (Lipinski definition) is 3. The highest BCUT2D eigenvalue weighted by molar-refractivity contribution is 5.46. The van der Waals surface area contributed by atoms with Crippen LogP contribution in [0.25, 0.3) is 0 Å². The number of halogens is 2. The summed E-state index contributed by atoms with van der Waals surface area (Å²) < 4.78 is 32.2. The van der Waals surface area contributed by atoms with Gasteiger partial charge in [0.1, 0.15) is 0 Å². The van der Waals surface area contributed by atoms with Crippen LogP contribution in [0.4, 0.5) is 20.4 Å². The van der Waals surface area contributed by atoms with Crippen molar-refractivity contribution in [2.45, 2.75) is 31.8 Å². The summed E-state index contributed by atoms with van der Waals surface area (Å²) in [5, 5.41) is 2.77. The fraction of sp³-hybridized carbons (Fsp3) is 0.583. The first-order chi connectivity index (χ1) is 9.20. The number of ether oxygens (including phenoxy) is 1. The van der Waals surface area contributed by atoms with Crippen molar-refractivity contribution in [2.24, 2.45) is 5.84 Å². The number of hydrogen-bond acceptors (Lipinski definition) is 5. The third-order valence-electron chi connectivity index (χ3n) is 3.12. The van der Waals surface area contributed by atoms with Gasteiger partial charge in [0.15, 0.2) is 23.3 Å². The third-order valence-corrected chi connectivity index (χ3v) is 3.12. The van der Waals surface area contributed by atoms with E-state index in [0.717, 1.165) is 18.9 Å². The Bertz CT molecular complexity index is 424. The molecule has 1 saturated carbocycles. The number of nitrogens with zero attached hydrogens (tertiary/aromatic N) is 1. The van der Waals surface area contributed by atoms with E-state index >= 15 is 0 Å². The van der Waals surface area contributed by atoms with E-state index in [1.807, 2.05) is 0 Å². The van der Waals surface area contributed by atoms with Gasteiger partial charge in [-0.1, -0.05) is 12.8 Å². The Morgan fingerprint density at radius 3 is 2.63 bits per heavy atom. The van der Waals surface area contributed by atoms with E-state index in [4.69, 9.17) is 10.6 Å². The molecule has 1 aliphatic rings. The van der Waals surface area contributed by atoms with Gasteiger partial charge in [0.05, 0.1) is 12.7 Å². The number of nitrogens with one attached hydrogen (secondary N) is 2. The molecule has 0 bridgehead atoms. The van der Waals surface area contributed by atoms with Crippen molar-refractivity contribution in [2.75, 3.05) is 23.9 Å². The first-order valence-corrected chi connectivity index (χ1v) is 6.39. The summed E-state index contributed by atoms with van der Waals surface area (Å²) in [5.41, 5.74) is 2.07. The van der Waals surface area contributed by atoms with Crippen LogP contribution >= 0.6 is 0 Å². The third kappa shape index (κ3) is 3.74. The number of anilines is 2. The van der Waals surface area contributed by atoms with Gasteiger partial charge >= 0.3 is 0 Å². The molecule has 0 radical (unpaired) electrons. The molecule has 106 valence electrons. The lowest BCUT2D eigenvalue weighted by atomic mass is 10.3. The van der Waals surface area contributed by atoms with Crippen LogP contribution in [0.15, 0.2) is 6.07 Å². The van der Waals surface area contributed by atoms with Gasteiger partial charge in [0.2, 0.25) is 0 Å². The van der Waals surface area contributed by atoms with Gasteiger partial charge in [0, 0.05) is 12.6 Å². The topological polar surface area (TPSA) is 72.2 Å². The Balaban J connectivity index is 1.81. The highest BCUT2D eigenvalue weighted by Gasteiger charge is 2.15. The fourth-order valence-corrected chi connectivity index (χ4v) is 2.14. The van der Waals surface area contributed by atoms with E-state index < -0.39 is 11.6 Å². The lowest BCUT2D eigenvalue weighted by molar-refractivity contribution is 0.0658. The number of rotatable bonds is 6. The van der Waals surface area contributed by atoms with Gasteiger partial charge in [-0.2, -0.15) is 0 Å². The van der Waals surface area contributed by atoms with Crippen LogP contribution in [-0.4, -0.2) is 24.2 Å². The van der Waals surface area contributed by atoms with Crippen LogP contribution in [0.1, 0.15) is 25.7 Å². The molecule has 0 aliphatic heterocycles. The van der Waals surface area contributed by atoms with Gasteiger partial charge in [0.25, 0.3) is 0 Å². The van der Waals surface area contributed by atoms with Crippen LogP contribution in [0, 0.1) is 11.6 Å². The molecule has 1 fully saturated rings. The minimum atomic E-state index is -0.826. The molecule has 1 aromatic rings. The Morgan fingerprint density at radius 2 is 1.95 bits per heavy atom. The molecule has 4 N–H and O–H groups in total. The highest BCUT2D eigenvalue weighted by Crippen LogP contribution is 2.21. The van der Waals surface area contributed by atoms with E-state index in [2.05, 4.69) is 15.7 Å². The Morgan fingerprint density at radius 1 is 1.26 bits per heavy atom. The SMILES string of the molecule is NNc1nc(NCCOC2CCCC2)c(F)cc1F. The van der Waals surface area contributed by atoms with Gasteiger partial charge in [-0.15, -0.1) is 0 Å². The lowest BCUT2D eigenvalue weighted by Gasteiger charge is -2.12. The van der Waals surface area contributed by atoms with E-state index in [-0.39, 0.29) is 11.6 Å². The van der Waals surface area contributed by atoms with Crippen LogP contribution in [-0.2, 0) is 4.74 Å². The Labute approximate surface area is 110 Å². The standard InChI is InChI=1S/C12H18F2N4O/c13-9-7-10(14)12(18-15)17-11(9)16-5-6-19-8-3-1-2-4-8/h7-8H,1-6,15H2,(H2,16,17,18). The molecule has 0 spiro atoms. The molecular weight excluding hydrogens is 254 g/mol. The van der Waals surface area contributed by atoms with Crippen molar-refractivity contribution in [3.8, 4) is 0 Å². The fourth-order valence-electron chi connectivity index (χ4n) is 2.14. The Hall–Kier alpha value is -1.47. The monoisotopic (exact) mass is 272 g/mol. The van der Waals surface area contributed by atoms with Crippen LogP contribution in [0.3, 0.4) is 0 Å². The molecule has 19 heavy (non-hydrogen) atoms. The predicted octanol–water partition coefficient (Wildman–Crippen LogP) is 2.02. The second-order valence-corrected chi connectivity index (χ2v) is 4.50. The predicted molar refractivity (Wildman–Crippen MR) is 68.7 cm³/mol. The van der Waals surface area contributed by atoms with Gasteiger partial charge < -0.3 is 15.5 Å². The minimum Gasteiger partial charge on any atom is -0.376 e. The molecule has 1 aromatic heterocycles. The molecule has 7 heteroatoms. The van der Waals surface area contributed by atoms with E-state index in [9.17, 15) is 8.78 Å². The van der Waals surface area contributed by atoms with Crippen molar-refractivity contribution in [3.63, 3.8) is 0 Å². The second kappa shape index (κ2) is 6.63. The normalized spacial score (nSPS) is 15.7. The van der Waals surface area contributed by atoms with Crippen molar-refractivity contribution in [1.82, 2.24) is 4.98 Å². The molecule has 0 aromatic carbocycles. The maximum Gasteiger partial charge on any atom is 0.178 e. The summed E-state index contributed by atoms with van der Waals surface area (Å²) in [5.74, 6) is 3.27. The summed E-state index contributed by atoms with van der Waals surface area (Å²) in [4.78, 5) is 3.71. The molecule has 0 amide bonds. The molecular formula is C12H18F2N4O. The molecule has 2 rings (SSSR count). The number of hydrazine groups is 1. The van der Waals surface area contributed by atoms with Crippen molar-refractivity contribution < 1.29 is 13.5 Å². The maximum atomic E-state index is 13.4. The van der Waals surface area contributed by atoms with Crippen LogP contribution in [0.5, 0.6) is 0 Å². The molecule has 1 aliphatic carbocycles. The van der Waals surface area contributed by atoms with Crippen molar-refractivity contribution in [1.29, 1.82) is 0 Å². The quantitative estimate of drug-likeness (QED) is 0.420. The smallest absolute Gasteiger partial charge is 0.178 e. The molecule has 0 saturated heterocycles. The average molecular weight is 272 g/mol. The van der Waals surface area contributed by atoms with E-state index in [1.54, 1.807) is 0 Å². The summed E-state index contributed by atoms with van der Waals surface area (Å²) in [6.07, 6.45) is 4.90. The molecule has 0 unspecified atom stereocenters. The van der Waals surface area contributed by atoms with Gasteiger partial charge in [-0.3, -0.25) is 0 Å². The molecule has 1 heterocycles. The second-order valence-electron chi connectivity index (χ2n) is 4.50. The number of nitrogens with two attached hydrogens (primary N) is 1. The zero-order valence-electron chi connectivity index (χ0n) is 10.6. The summed E-state index contributed by atoms with van der Waals surface area (Å²) in [7, 11) is 0. The Kier molecular flexibility index (Phi) is 4.86. The summed E-state index contributed by atoms with van der Waals surface area (Å²) in [6.45, 7) is 0.880. The van der Waals surface area contributed by atoms with Crippen LogP contribution < -0.4 is 16.6 Å². The van der Waals surface area contributed by atoms with E-state index in [0.29, 0.717) is 19.3 Å². The van der Waals surface area contributed by atoms with Gasteiger partial charge in [-0.05, 0) is 12.8 Å². The average Bonchev–Trinajstić information content (AvgIpc) is 2.90. The van der Waals surface area contributed by atoms with E-state index in [1.165, 1.54) is 12.8 Å². The maximum absolute atomic E-state index is 13.4. The molecule has 5 nitrogen and oxygen atoms in total. The van der Waals surface area contributed by atoms with Crippen LogP contribution in [0.2, 0.25) is 0 Å². The summed E-state index contributed by atoms with van der Waals surface area (Å²) in [6, 6.07) is 0.738. The number of pyridine rings is 1. The van der Waals surface area contributed by atoms with Crippen molar-refractivity contribution in [3.05, 3.63) is 17.7 Å². The minimum absolute atomic E-state index is 0.0376. The van der Waals surface area contributed by atoms with Crippen molar-refractivity contribution >= 4 is 11.6 Å². The summed E-state index contributed by atoms with van der Waals surface area (Å²) >= 11 is 0. The zero-order chi connectivity index (χ0) is 13.7. The zero-order valence-corrected chi connectivity index (χ0v) is 10.6. The highest BCUT2D eigenvalue weighted by atomic mass is 19.1. The van der Waals surface area contributed by atoms with Gasteiger partial charge in [-0.25, -0.2) is 19.6 Å². The largest absolute Gasteiger partial charge is 0.376 e. The number of nitrogen functional groups attached to an aromatic ring is 1.